The van der Waals surface area contributed by atoms with Gasteiger partial charge in [0, 0.05) is 12.8 Å². The highest BCUT2D eigenvalue weighted by molar-refractivity contribution is 5.69. The normalized spacial score (nSPS) is 13.3. The summed E-state index contributed by atoms with van der Waals surface area (Å²) in [5.41, 5.74) is -0.105. The Balaban J connectivity index is 4.26. The van der Waals surface area contributed by atoms with E-state index in [1.807, 2.05) is 20.8 Å². The lowest BCUT2D eigenvalue weighted by molar-refractivity contribution is -0.143. The molecule has 1 N–H and O–H groups in total. The second-order valence-electron chi connectivity index (χ2n) is 4.78. The van der Waals surface area contributed by atoms with Crippen LogP contribution in [0.1, 0.15) is 40.0 Å². The molecule has 0 rings (SSSR count). The number of ether oxygens (including phenoxy) is 1. The molecule has 0 fully saturated rings. The minimum atomic E-state index is -0.820. The highest BCUT2D eigenvalue weighted by atomic mass is 16.5. The van der Waals surface area contributed by atoms with Crippen molar-refractivity contribution in [3.05, 3.63) is 0 Å². The van der Waals surface area contributed by atoms with Crippen LogP contribution >= 0.6 is 0 Å². The van der Waals surface area contributed by atoms with Gasteiger partial charge in [-0.2, -0.15) is 0 Å². The Hall–Kier alpha value is -1.06. The molecule has 0 aromatic heterocycles. The van der Waals surface area contributed by atoms with Crippen molar-refractivity contribution in [1.29, 1.82) is 0 Å². The summed E-state index contributed by atoms with van der Waals surface area (Å²) in [6.07, 6.45) is 0.939. The Labute approximate surface area is 90.6 Å². The van der Waals surface area contributed by atoms with Crippen molar-refractivity contribution in [3.63, 3.8) is 0 Å². The van der Waals surface area contributed by atoms with Gasteiger partial charge >= 0.3 is 11.9 Å². The zero-order valence-electron chi connectivity index (χ0n) is 9.87. The van der Waals surface area contributed by atoms with Crippen LogP contribution in [-0.4, -0.2) is 24.2 Å². The van der Waals surface area contributed by atoms with E-state index >= 15 is 0 Å². The molecule has 1 unspecified atom stereocenters. The Bertz CT molecular complexity index is 227. The van der Waals surface area contributed by atoms with E-state index in [4.69, 9.17) is 5.11 Å². The van der Waals surface area contributed by atoms with Crippen molar-refractivity contribution in [2.24, 2.45) is 11.3 Å². The minimum absolute atomic E-state index is 0.00546. The van der Waals surface area contributed by atoms with Crippen molar-refractivity contribution in [1.82, 2.24) is 0 Å². The summed E-state index contributed by atoms with van der Waals surface area (Å²) in [7, 11) is 1.34. The third-order valence-electron chi connectivity index (χ3n) is 2.57. The average Bonchev–Trinajstić information content (AvgIpc) is 2.09. The molecule has 0 bridgehead atoms. The van der Waals surface area contributed by atoms with E-state index in [0.29, 0.717) is 6.42 Å². The summed E-state index contributed by atoms with van der Waals surface area (Å²) in [5, 5.41) is 8.75. The molecule has 15 heavy (non-hydrogen) atoms. The van der Waals surface area contributed by atoms with Gasteiger partial charge in [0.1, 0.15) is 0 Å². The van der Waals surface area contributed by atoms with Crippen molar-refractivity contribution in [3.8, 4) is 0 Å². The molecule has 0 amide bonds. The van der Waals surface area contributed by atoms with Crippen LogP contribution < -0.4 is 0 Å². The van der Waals surface area contributed by atoms with Crippen LogP contribution in [0.25, 0.3) is 0 Å². The molecule has 0 spiro atoms. The molecule has 4 nitrogen and oxygen atoms in total. The molecule has 0 aromatic carbocycles. The summed E-state index contributed by atoms with van der Waals surface area (Å²) in [6.45, 7) is 5.95. The number of hydrogen-bond donors (Lipinski definition) is 1. The zero-order valence-corrected chi connectivity index (χ0v) is 9.87. The van der Waals surface area contributed by atoms with E-state index in [1.54, 1.807) is 0 Å². The summed E-state index contributed by atoms with van der Waals surface area (Å²) in [5.74, 6) is -1.11. The largest absolute Gasteiger partial charge is 0.481 e. The molecule has 1 atom stereocenters. The highest BCUT2D eigenvalue weighted by Gasteiger charge is 2.27. The fourth-order valence-electron chi connectivity index (χ4n) is 1.45. The number of carboxylic acids is 1. The molecule has 0 aromatic rings. The highest BCUT2D eigenvalue weighted by Crippen LogP contribution is 2.32. The predicted molar refractivity (Wildman–Crippen MR) is 56.4 cm³/mol. The van der Waals surface area contributed by atoms with Gasteiger partial charge in [-0.1, -0.05) is 20.8 Å². The molecule has 0 radical (unpaired) electrons. The number of carboxylic acid groups (broad SMARTS) is 1. The molecular weight excluding hydrogens is 196 g/mol. The summed E-state index contributed by atoms with van der Waals surface area (Å²) < 4.78 is 4.53. The molecule has 88 valence electrons. The van der Waals surface area contributed by atoms with Gasteiger partial charge in [-0.3, -0.25) is 9.59 Å². The van der Waals surface area contributed by atoms with Gasteiger partial charge in [0.2, 0.25) is 0 Å². The lowest BCUT2D eigenvalue weighted by Crippen LogP contribution is -2.24. The van der Waals surface area contributed by atoms with E-state index in [-0.39, 0.29) is 30.1 Å². The maximum atomic E-state index is 11.0. The number of methoxy groups -OCH3 is 1. The lowest BCUT2D eigenvalue weighted by Gasteiger charge is -2.29. The van der Waals surface area contributed by atoms with E-state index < -0.39 is 5.97 Å². The van der Waals surface area contributed by atoms with Crippen LogP contribution in [-0.2, 0) is 14.3 Å². The van der Waals surface area contributed by atoms with Gasteiger partial charge < -0.3 is 9.84 Å². The fourth-order valence-corrected chi connectivity index (χ4v) is 1.45. The first-order chi connectivity index (χ1) is 6.77. The average molecular weight is 216 g/mol. The van der Waals surface area contributed by atoms with Crippen LogP contribution in [0.15, 0.2) is 0 Å². The standard InChI is InChI=1S/C11H20O4/c1-11(2,3)8(7-9(12)13)5-6-10(14)15-4/h8H,5-7H2,1-4H3,(H,12,13). The monoisotopic (exact) mass is 216 g/mol. The topological polar surface area (TPSA) is 63.6 Å². The molecule has 0 aliphatic carbocycles. The molecule has 0 aliphatic rings. The SMILES string of the molecule is COC(=O)CCC(CC(=O)O)C(C)(C)C. The van der Waals surface area contributed by atoms with Crippen molar-refractivity contribution in [2.75, 3.05) is 7.11 Å². The summed E-state index contributed by atoms with van der Waals surface area (Å²) in [4.78, 5) is 21.6. The van der Waals surface area contributed by atoms with Crippen molar-refractivity contribution < 1.29 is 19.4 Å². The van der Waals surface area contributed by atoms with Gasteiger partial charge in [-0.05, 0) is 17.8 Å². The maximum absolute atomic E-state index is 11.0. The van der Waals surface area contributed by atoms with Crippen LogP contribution in [0.2, 0.25) is 0 Å². The Morgan fingerprint density at radius 3 is 2.20 bits per heavy atom. The van der Waals surface area contributed by atoms with E-state index in [1.165, 1.54) is 7.11 Å². The first-order valence-corrected chi connectivity index (χ1v) is 5.06. The van der Waals surface area contributed by atoms with Crippen LogP contribution in [0.5, 0.6) is 0 Å². The quantitative estimate of drug-likeness (QED) is 0.714. The number of carbonyl (C=O) groups is 2. The third-order valence-corrected chi connectivity index (χ3v) is 2.57. The van der Waals surface area contributed by atoms with Gasteiger partial charge in [0.15, 0.2) is 0 Å². The number of aliphatic carboxylic acids is 1. The van der Waals surface area contributed by atoms with E-state index in [0.717, 1.165) is 0 Å². The Kier molecular flexibility index (Phi) is 5.33. The van der Waals surface area contributed by atoms with Crippen LogP contribution in [0.3, 0.4) is 0 Å². The third kappa shape index (κ3) is 6.10. The Morgan fingerprint density at radius 2 is 1.87 bits per heavy atom. The first-order valence-electron chi connectivity index (χ1n) is 5.06. The molecule has 0 aliphatic heterocycles. The number of rotatable bonds is 5. The van der Waals surface area contributed by atoms with Crippen LogP contribution in [0, 0.1) is 11.3 Å². The number of esters is 1. The number of carbonyl (C=O) groups excluding carboxylic acids is 1. The fraction of sp³-hybridized carbons (Fsp3) is 0.818. The molecular formula is C11H20O4. The first kappa shape index (κ1) is 13.9. The number of hydrogen-bond acceptors (Lipinski definition) is 3. The minimum Gasteiger partial charge on any atom is -0.481 e. The Morgan fingerprint density at radius 1 is 1.33 bits per heavy atom. The van der Waals surface area contributed by atoms with Crippen molar-refractivity contribution >= 4 is 11.9 Å². The van der Waals surface area contributed by atoms with E-state index in [2.05, 4.69) is 4.74 Å². The second kappa shape index (κ2) is 5.73. The van der Waals surface area contributed by atoms with E-state index in [9.17, 15) is 9.59 Å². The predicted octanol–water partition coefficient (Wildman–Crippen LogP) is 2.08. The van der Waals surface area contributed by atoms with Crippen molar-refractivity contribution in [2.45, 2.75) is 40.0 Å². The smallest absolute Gasteiger partial charge is 0.305 e. The molecule has 4 heteroatoms. The van der Waals surface area contributed by atoms with Gasteiger partial charge in [0.05, 0.1) is 7.11 Å². The lowest BCUT2D eigenvalue weighted by atomic mass is 9.76. The van der Waals surface area contributed by atoms with Crippen LogP contribution in [0.4, 0.5) is 0 Å². The maximum Gasteiger partial charge on any atom is 0.305 e. The zero-order chi connectivity index (χ0) is 12.1. The van der Waals surface area contributed by atoms with Gasteiger partial charge in [0.25, 0.3) is 0 Å². The van der Waals surface area contributed by atoms with Gasteiger partial charge in [-0.25, -0.2) is 0 Å². The summed E-state index contributed by atoms with van der Waals surface area (Å²) >= 11 is 0. The second-order valence-corrected chi connectivity index (χ2v) is 4.78. The molecule has 0 heterocycles. The molecule has 0 saturated carbocycles. The molecule has 0 saturated heterocycles. The summed E-state index contributed by atoms with van der Waals surface area (Å²) in [6, 6.07) is 0. The van der Waals surface area contributed by atoms with Gasteiger partial charge in [-0.15, -0.1) is 0 Å².